The number of hydrogen-bond acceptors (Lipinski definition) is 2. The summed E-state index contributed by atoms with van der Waals surface area (Å²) in [4.78, 5) is 13.8. The van der Waals surface area contributed by atoms with Gasteiger partial charge in [-0.05, 0) is 30.9 Å². The number of methoxy groups -OCH3 is 1. The minimum absolute atomic E-state index is 0.228. The van der Waals surface area contributed by atoms with Crippen LogP contribution in [0.15, 0.2) is 18.2 Å². The van der Waals surface area contributed by atoms with E-state index in [1.54, 1.807) is 7.11 Å². The molecule has 0 bridgehead atoms. The van der Waals surface area contributed by atoms with E-state index in [0.717, 1.165) is 23.6 Å². The number of likely N-dealkylation sites (tertiary alicyclic amines) is 1. The summed E-state index contributed by atoms with van der Waals surface area (Å²) < 4.78 is 5.03. The van der Waals surface area contributed by atoms with E-state index in [1.807, 2.05) is 17.0 Å². The predicted molar refractivity (Wildman–Crippen MR) is 76.5 cm³/mol. The van der Waals surface area contributed by atoms with Crippen molar-refractivity contribution in [1.82, 2.24) is 4.90 Å². The van der Waals surface area contributed by atoms with Crippen molar-refractivity contribution in [3.63, 3.8) is 0 Å². The molecule has 1 aliphatic rings. The van der Waals surface area contributed by atoms with Gasteiger partial charge < -0.3 is 9.64 Å². The van der Waals surface area contributed by atoms with Crippen molar-refractivity contribution in [2.75, 3.05) is 26.8 Å². The van der Waals surface area contributed by atoms with Crippen LogP contribution in [0.4, 0.5) is 0 Å². The van der Waals surface area contributed by atoms with Gasteiger partial charge in [-0.25, -0.2) is 0 Å². The highest BCUT2D eigenvalue weighted by Gasteiger charge is 2.29. The Balaban J connectivity index is 1.97. The van der Waals surface area contributed by atoms with Crippen molar-refractivity contribution in [3.05, 3.63) is 34.3 Å². The van der Waals surface area contributed by atoms with E-state index >= 15 is 0 Å². The standard InChI is InChI=1S/C15H20ClNO2/c1-11-3-4-14(16)13(7-11)8-12-9-15(18)17(10-12)5-6-19-2/h3-4,7,12H,5-6,8-10H2,1-2H3/t12-/m1/s1. The Morgan fingerprint density at radius 1 is 1.47 bits per heavy atom. The fourth-order valence-corrected chi connectivity index (χ4v) is 2.77. The molecule has 1 amide bonds. The lowest BCUT2D eigenvalue weighted by Gasteiger charge is -2.16. The SMILES string of the molecule is COCCN1C[C@H](Cc2cc(C)ccc2Cl)CC1=O. The van der Waals surface area contributed by atoms with Gasteiger partial charge in [-0.3, -0.25) is 4.79 Å². The summed E-state index contributed by atoms with van der Waals surface area (Å²) in [6.45, 7) is 4.16. The molecule has 1 aliphatic heterocycles. The molecule has 1 fully saturated rings. The number of ether oxygens (including phenoxy) is 1. The number of benzene rings is 1. The van der Waals surface area contributed by atoms with Crippen LogP contribution in [0.2, 0.25) is 5.02 Å². The molecule has 1 atom stereocenters. The summed E-state index contributed by atoms with van der Waals surface area (Å²) in [5, 5.41) is 0.799. The summed E-state index contributed by atoms with van der Waals surface area (Å²) in [5.74, 6) is 0.592. The van der Waals surface area contributed by atoms with E-state index in [1.165, 1.54) is 5.56 Å². The van der Waals surface area contributed by atoms with Crippen LogP contribution in [0.1, 0.15) is 17.5 Å². The zero-order valence-corrected chi connectivity index (χ0v) is 12.2. The Morgan fingerprint density at radius 2 is 2.26 bits per heavy atom. The maximum atomic E-state index is 11.9. The Hall–Kier alpha value is -1.06. The molecule has 104 valence electrons. The van der Waals surface area contributed by atoms with E-state index in [-0.39, 0.29) is 5.91 Å². The maximum absolute atomic E-state index is 11.9. The first-order valence-electron chi connectivity index (χ1n) is 6.62. The third-order valence-electron chi connectivity index (χ3n) is 3.57. The highest BCUT2D eigenvalue weighted by molar-refractivity contribution is 6.31. The number of rotatable bonds is 5. The molecule has 4 heteroatoms. The van der Waals surface area contributed by atoms with E-state index in [0.29, 0.717) is 25.5 Å². The molecule has 0 aromatic heterocycles. The molecule has 0 spiro atoms. The largest absolute Gasteiger partial charge is 0.383 e. The van der Waals surface area contributed by atoms with Gasteiger partial charge >= 0.3 is 0 Å². The van der Waals surface area contributed by atoms with E-state index < -0.39 is 0 Å². The summed E-state index contributed by atoms with van der Waals surface area (Å²) in [5.41, 5.74) is 2.35. The zero-order chi connectivity index (χ0) is 13.8. The summed E-state index contributed by atoms with van der Waals surface area (Å²) in [6.07, 6.45) is 1.49. The fraction of sp³-hybridized carbons (Fsp3) is 0.533. The molecule has 2 rings (SSSR count). The number of halogens is 1. The number of hydrogen-bond donors (Lipinski definition) is 0. The number of carbonyl (C=O) groups excluding carboxylic acids is 1. The Labute approximate surface area is 119 Å². The van der Waals surface area contributed by atoms with Crippen LogP contribution >= 0.6 is 11.6 Å². The van der Waals surface area contributed by atoms with Crippen LogP contribution in [-0.4, -0.2) is 37.6 Å². The third kappa shape index (κ3) is 3.71. The minimum Gasteiger partial charge on any atom is -0.383 e. The van der Waals surface area contributed by atoms with Crippen LogP contribution in [0, 0.1) is 12.8 Å². The molecule has 0 unspecified atom stereocenters. The van der Waals surface area contributed by atoms with Gasteiger partial charge in [-0.15, -0.1) is 0 Å². The van der Waals surface area contributed by atoms with Gasteiger partial charge in [0.2, 0.25) is 5.91 Å². The van der Waals surface area contributed by atoms with Crippen LogP contribution in [0.25, 0.3) is 0 Å². The fourth-order valence-electron chi connectivity index (χ4n) is 2.58. The highest BCUT2D eigenvalue weighted by atomic mass is 35.5. The molecule has 1 aromatic rings. The Morgan fingerprint density at radius 3 is 3.00 bits per heavy atom. The summed E-state index contributed by atoms with van der Waals surface area (Å²) in [7, 11) is 1.66. The maximum Gasteiger partial charge on any atom is 0.223 e. The van der Waals surface area contributed by atoms with Crippen molar-refractivity contribution in [2.24, 2.45) is 5.92 Å². The monoisotopic (exact) mass is 281 g/mol. The van der Waals surface area contributed by atoms with E-state index in [4.69, 9.17) is 16.3 Å². The van der Waals surface area contributed by atoms with Crippen molar-refractivity contribution in [1.29, 1.82) is 0 Å². The number of amides is 1. The zero-order valence-electron chi connectivity index (χ0n) is 11.5. The lowest BCUT2D eigenvalue weighted by Crippen LogP contribution is -2.28. The molecule has 1 aromatic carbocycles. The topological polar surface area (TPSA) is 29.5 Å². The normalized spacial score (nSPS) is 19.2. The van der Waals surface area contributed by atoms with E-state index in [2.05, 4.69) is 13.0 Å². The second-order valence-electron chi connectivity index (χ2n) is 5.20. The van der Waals surface area contributed by atoms with Gasteiger partial charge in [0.05, 0.1) is 6.61 Å². The molecular formula is C15H20ClNO2. The molecule has 0 aliphatic carbocycles. The van der Waals surface area contributed by atoms with Crippen molar-refractivity contribution < 1.29 is 9.53 Å². The van der Waals surface area contributed by atoms with Gasteiger partial charge in [0, 0.05) is 31.6 Å². The Kier molecular flexibility index (Phi) is 4.83. The van der Waals surface area contributed by atoms with E-state index in [9.17, 15) is 4.79 Å². The first-order chi connectivity index (χ1) is 9.10. The van der Waals surface area contributed by atoms with Crippen LogP contribution in [0.3, 0.4) is 0 Å². The number of aryl methyl sites for hydroxylation is 1. The summed E-state index contributed by atoms with van der Waals surface area (Å²) in [6, 6.07) is 6.06. The molecule has 1 heterocycles. The van der Waals surface area contributed by atoms with Gasteiger partial charge in [0.25, 0.3) is 0 Å². The van der Waals surface area contributed by atoms with Crippen LogP contribution in [0.5, 0.6) is 0 Å². The van der Waals surface area contributed by atoms with Crippen molar-refractivity contribution in [3.8, 4) is 0 Å². The lowest BCUT2D eigenvalue weighted by molar-refractivity contribution is -0.128. The number of nitrogens with zero attached hydrogens (tertiary/aromatic N) is 1. The van der Waals surface area contributed by atoms with Crippen LogP contribution in [-0.2, 0) is 16.0 Å². The molecule has 3 nitrogen and oxygen atoms in total. The molecule has 1 saturated heterocycles. The van der Waals surface area contributed by atoms with Crippen molar-refractivity contribution in [2.45, 2.75) is 19.8 Å². The molecular weight excluding hydrogens is 262 g/mol. The predicted octanol–water partition coefficient (Wildman–Crippen LogP) is 2.69. The minimum atomic E-state index is 0.228. The average molecular weight is 282 g/mol. The van der Waals surface area contributed by atoms with Gasteiger partial charge in [0.1, 0.15) is 0 Å². The first kappa shape index (κ1) is 14.4. The smallest absolute Gasteiger partial charge is 0.223 e. The lowest BCUT2D eigenvalue weighted by atomic mass is 9.97. The molecule has 0 N–H and O–H groups in total. The Bertz CT molecular complexity index is 461. The van der Waals surface area contributed by atoms with Crippen LogP contribution < -0.4 is 0 Å². The molecule has 0 radical (unpaired) electrons. The quantitative estimate of drug-likeness (QED) is 0.830. The molecule has 19 heavy (non-hydrogen) atoms. The average Bonchev–Trinajstić information content (AvgIpc) is 2.72. The summed E-state index contributed by atoms with van der Waals surface area (Å²) >= 11 is 6.21. The third-order valence-corrected chi connectivity index (χ3v) is 3.94. The molecule has 0 saturated carbocycles. The highest BCUT2D eigenvalue weighted by Crippen LogP contribution is 2.26. The van der Waals surface area contributed by atoms with Gasteiger partial charge in [-0.1, -0.05) is 29.3 Å². The van der Waals surface area contributed by atoms with Crippen molar-refractivity contribution >= 4 is 17.5 Å². The second kappa shape index (κ2) is 6.40. The number of carbonyl (C=O) groups is 1. The second-order valence-corrected chi connectivity index (χ2v) is 5.61. The van der Waals surface area contributed by atoms with Gasteiger partial charge in [0.15, 0.2) is 0 Å². The van der Waals surface area contributed by atoms with Gasteiger partial charge in [-0.2, -0.15) is 0 Å². The first-order valence-corrected chi connectivity index (χ1v) is 6.99.